The summed E-state index contributed by atoms with van der Waals surface area (Å²) in [6, 6.07) is 8.90. The van der Waals surface area contributed by atoms with Crippen LogP contribution in [0.5, 0.6) is 0 Å². The van der Waals surface area contributed by atoms with Gasteiger partial charge in [-0.05, 0) is 36.1 Å². The molecule has 1 N–H and O–H groups in total. The summed E-state index contributed by atoms with van der Waals surface area (Å²) < 4.78 is 15.8. The predicted octanol–water partition coefficient (Wildman–Crippen LogP) is 5.25. The number of anilines is 1. The number of H-pyrrole nitrogens is 1. The van der Waals surface area contributed by atoms with Crippen LogP contribution in [0.3, 0.4) is 0 Å². The van der Waals surface area contributed by atoms with Crippen LogP contribution in [-0.4, -0.2) is 31.3 Å². The highest BCUT2D eigenvalue weighted by molar-refractivity contribution is 5.89. The lowest BCUT2D eigenvalue weighted by Gasteiger charge is -2.46. The fraction of sp³-hybridized carbons (Fsp3) is 0.345. The summed E-state index contributed by atoms with van der Waals surface area (Å²) >= 11 is 0. The standard InChI is InChI=1S/C29H29FN6/c1-5-17-7-6-8-19-22-13-28(2,3)25-21(9-11-31-25)29(22,4)26-20-16-35(27-32-14-18(30)15-33-27)12-10-23(20)34-36(26)24(17)19/h6-9,11,13-15,31H,5,10,12,16H2,1-4H3. The molecule has 0 radical (unpaired) electrons. The van der Waals surface area contributed by atoms with Gasteiger partial charge in [0.2, 0.25) is 5.95 Å². The first-order chi connectivity index (χ1) is 17.3. The van der Waals surface area contributed by atoms with Crippen LogP contribution in [0.4, 0.5) is 10.3 Å². The molecule has 1 atom stereocenters. The van der Waals surface area contributed by atoms with Crippen molar-refractivity contribution in [3.8, 4) is 5.69 Å². The fourth-order valence-corrected chi connectivity index (χ4v) is 6.68. The van der Waals surface area contributed by atoms with Gasteiger partial charge in [-0.3, -0.25) is 0 Å². The lowest BCUT2D eigenvalue weighted by atomic mass is 9.60. The summed E-state index contributed by atoms with van der Waals surface area (Å²) in [5.41, 5.74) is 10.8. The van der Waals surface area contributed by atoms with Crippen molar-refractivity contribution in [3.63, 3.8) is 0 Å². The van der Waals surface area contributed by atoms with Gasteiger partial charge in [-0.25, -0.2) is 19.0 Å². The Balaban J connectivity index is 1.51. The average molecular weight is 481 g/mol. The van der Waals surface area contributed by atoms with E-state index in [0.717, 1.165) is 25.1 Å². The third-order valence-corrected chi connectivity index (χ3v) is 8.37. The molecule has 182 valence electrons. The Kier molecular flexibility index (Phi) is 4.28. The molecule has 1 aromatic carbocycles. The summed E-state index contributed by atoms with van der Waals surface area (Å²) in [6.45, 7) is 10.5. The number of nitrogens with zero attached hydrogens (tertiary/aromatic N) is 5. The Labute approximate surface area is 209 Å². The monoisotopic (exact) mass is 480 g/mol. The van der Waals surface area contributed by atoms with Crippen molar-refractivity contribution in [1.29, 1.82) is 0 Å². The minimum atomic E-state index is -0.421. The van der Waals surface area contributed by atoms with E-state index in [2.05, 4.69) is 88.8 Å². The Hall–Kier alpha value is -3.74. The van der Waals surface area contributed by atoms with Crippen LogP contribution in [-0.2, 0) is 30.2 Å². The van der Waals surface area contributed by atoms with Crippen molar-refractivity contribution in [2.75, 3.05) is 11.4 Å². The van der Waals surface area contributed by atoms with E-state index in [1.165, 1.54) is 57.3 Å². The molecule has 7 heteroatoms. The highest BCUT2D eigenvalue weighted by Gasteiger charge is 2.51. The molecule has 0 bridgehead atoms. The third-order valence-electron chi connectivity index (χ3n) is 8.37. The van der Waals surface area contributed by atoms with Crippen LogP contribution >= 0.6 is 0 Å². The fourth-order valence-electron chi connectivity index (χ4n) is 6.68. The molecule has 1 aliphatic carbocycles. The van der Waals surface area contributed by atoms with Crippen molar-refractivity contribution >= 4 is 11.5 Å². The van der Waals surface area contributed by atoms with E-state index in [1.807, 2.05) is 0 Å². The van der Waals surface area contributed by atoms with Gasteiger partial charge in [-0.2, -0.15) is 5.10 Å². The van der Waals surface area contributed by atoms with Crippen LogP contribution in [0.1, 0.15) is 67.0 Å². The molecule has 3 aliphatic rings. The van der Waals surface area contributed by atoms with Crippen molar-refractivity contribution in [2.24, 2.45) is 0 Å². The Morgan fingerprint density at radius 3 is 2.69 bits per heavy atom. The zero-order valence-corrected chi connectivity index (χ0v) is 21.1. The maximum atomic E-state index is 13.5. The maximum Gasteiger partial charge on any atom is 0.225 e. The topological polar surface area (TPSA) is 62.6 Å². The second-order valence-corrected chi connectivity index (χ2v) is 10.9. The number of para-hydroxylation sites is 1. The Bertz CT molecular complexity index is 1560. The highest BCUT2D eigenvalue weighted by atomic mass is 19.1. The van der Waals surface area contributed by atoms with E-state index in [4.69, 9.17) is 5.10 Å². The molecule has 6 nitrogen and oxygen atoms in total. The van der Waals surface area contributed by atoms with Crippen LogP contribution in [0, 0.1) is 5.82 Å². The number of allylic oxidation sites excluding steroid dienone is 2. The number of halogens is 1. The molecule has 3 aromatic heterocycles. The number of nitrogens with one attached hydrogen (secondary N) is 1. The number of aromatic amines is 1. The van der Waals surface area contributed by atoms with E-state index in [9.17, 15) is 4.39 Å². The molecule has 36 heavy (non-hydrogen) atoms. The van der Waals surface area contributed by atoms with E-state index in [0.29, 0.717) is 12.5 Å². The van der Waals surface area contributed by atoms with Gasteiger partial charge in [0.1, 0.15) is 0 Å². The van der Waals surface area contributed by atoms with Gasteiger partial charge in [-0.15, -0.1) is 0 Å². The summed E-state index contributed by atoms with van der Waals surface area (Å²) in [7, 11) is 0. The lowest BCUT2D eigenvalue weighted by molar-refractivity contribution is 0.555. The molecular weight excluding hydrogens is 451 g/mol. The van der Waals surface area contributed by atoms with Crippen LogP contribution in [0.15, 0.2) is 48.9 Å². The smallest absolute Gasteiger partial charge is 0.225 e. The second-order valence-electron chi connectivity index (χ2n) is 10.9. The lowest BCUT2D eigenvalue weighted by Crippen LogP contribution is -2.41. The first-order valence-electron chi connectivity index (χ1n) is 12.7. The molecule has 5 heterocycles. The normalized spacial score (nSPS) is 21.1. The average Bonchev–Trinajstić information content (AvgIpc) is 3.52. The first kappa shape index (κ1) is 21.5. The van der Waals surface area contributed by atoms with Gasteiger partial charge in [0.25, 0.3) is 0 Å². The number of aromatic nitrogens is 5. The number of rotatable bonds is 2. The molecule has 0 saturated carbocycles. The quantitative estimate of drug-likeness (QED) is 0.426. The SMILES string of the molecule is CCc1cccc2c1-n1nc3c(c1C1(C)C2=CC(C)(C)c2[nH]ccc21)CN(c1ncc(F)cn1)CC3. The molecule has 2 aliphatic heterocycles. The number of aryl methyl sites for hydroxylation is 1. The molecule has 0 spiro atoms. The Morgan fingerprint density at radius 2 is 1.92 bits per heavy atom. The Morgan fingerprint density at radius 1 is 1.11 bits per heavy atom. The number of hydrogen-bond donors (Lipinski definition) is 1. The van der Waals surface area contributed by atoms with Gasteiger partial charge in [0.15, 0.2) is 5.82 Å². The van der Waals surface area contributed by atoms with E-state index in [-0.39, 0.29) is 10.8 Å². The van der Waals surface area contributed by atoms with Gasteiger partial charge < -0.3 is 9.88 Å². The number of fused-ring (bicyclic) bond motifs is 10. The number of hydrogen-bond acceptors (Lipinski definition) is 4. The first-order valence-corrected chi connectivity index (χ1v) is 12.7. The van der Waals surface area contributed by atoms with Crippen molar-refractivity contribution in [2.45, 2.75) is 57.9 Å². The molecule has 0 amide bonds. The minimum absolute atomic E-state index is 0.122. The molecular formula is C29H29FN6. The summed E-state index contributed by atoms with van der Waals surface area (Å²) in [5, 5.41) is 5.27. The third kappa shape index (κ3) is 2.68. The second kappa shape index (κ2) is 7.15. The van der Waals surface area contributed by atoms with Crippen molar-refractivity contribution < 1.29 is 4.39 Å². The predicted molar refractivity (Wildman–Crippen MR) is 138 cm³/mol. The van der Waals surface area contributed by atoms with Gasteiger partial charge in [0.05, 0.1) is 34.9 Å². The largest absolute Gasteiger partial charge is 0.364 e. The molecule has 0 saturated heterocycles. The van der Waals surface area contributed by atoms with E-state index < -0.39 is 5.82 Å². The van der Waals surface area contributed by atoms with E-state index >= 15 is 0 Å². The minimum Gasteiger partial charge on any atom is -0.364 e. The van der Waals surface area contributed by atoms with Gasteiger partial charge >= 0.3 is 0 Å². The molecule has 4 aromatic rings. The van der Waals surface area contributed by atoms with Crippen LogP contribution < -0.4 is 4.90 Å². The number of benzene rings is 1. The molecule has 0 fully saturated rings. The molecule has 7 rings (SSSR count). The van der Waals surface area contributed by atoms with Gasteiger partial charge in [0, 0.05) is 47.9 Å². The maximum absolute atomic E-state index is 13.5. The van der Waals surface area contributed by atoms with E-state index in [1.54, 1.807) is 0 Å². The zero-order valence-electron chi connectivity index (χ0n) is 21.1. The van der Waals surface area contributed by atoms with Crippen molar-refractivity contribution in [1.82, 2.24) is 24.7 Å². The van der Waals surface area contributed by atoms with Crippen LogP contribution in [0.25, 0.3) is 11.3 Å². The summed E-state index contributed by atoms with van der Waals surface area (Å²) in [5.74, 6) is 0.135. The molecule has 1 unspecified atom stereocenters. The summed E-state index contributed by atoms with van der Waals surface area (Å²) in [6.07, 6.45) is 8.74. The highest BCUT2D eigenvalue weighted by Crippen LogP contribution is 2.57. The van der Waals surface area contributed by atoms with Crippen LogP contribution in [0.2, 0.25) is 0 Å². The summed E-state index contributed by atoms with van der Waals surface area (Å²) in [4.78, 5) is 14.3. The van der Waals surface area contributed by atoms with Crippen molar-refractivity contribution in [3.05, 3.63) is 94.1 Å². The zero-order chi connectivity index (χ0) is 24.8. The van der Waals surface area contributed by atoms with Gasteiger partial charge in [-0.1, -0.05) is 45.0 Å².